The topological polar surface area (TPSA) is 84.7 Å². The van der Waals surface area contributed by atoms with Crippen molar-refractivity contribution in [3.8, 4) is 0 Å². The molecule has 0 aliphatic heterocycles. The number of anilines is 2. The summed E-state index contributed by atoms with van der Waals surface area (Å²) >= 11 is 0. The third-order valence-electron chi connectivity index (χ3n) is 4.56. The molecule has 7 heteroatoms. The fourth-order valence-corrected chi connectivity index (χ4v) is 3.33. The van der Waals surface area contributed by atoms with Crippen LogP contribution in [-0.4, -0.2) is 31.9 Å². The molecule has 0 unspecified atom stereocenters. The molecule has 2 N–H and O–H groups in total. The molecule has 4 rings (SSSR count). The predicted octanol–water partition coefficient (Wildman–Crippen LogP) is 2.97. The van der Waals surface area contributed by atoms with Crippen LogP contribution in [0.3, 0.4) is 0 Å². The van der Waals surface area contributed by atoms with Gasteiger partial charge in [0.15, 0.2) is 11.5 Å². The fourth-order valence-electron chi connectivity index (χ4n) is 3.33. The zero-order chi connectivity index (χ0) is 17.2. The van der Waals surface area contributed by atoms with E-state index in [2.05, 4.69) is 25.9 Å². The number of carbonyl (C=O) groups is 1. The van der Waals surface area contributed by atoms with Crippen LogP contribution in [0, 0.1) is 0 Å². The maximum Gasteiger partial charge on any atom is 0.276 e. The highest BCUT2D eigenvalue weighted by Crippen LogP contribution is 2.26. The molecule has 0 atom stereocenters. The van der Waals surface area contributed by atoms with Gasteiger partial charge in [-0.05, 0) is 12.8 Å². The maximum absolute atomic E-state index is 12.7. The highest BCUT2D eigenvalue weighted by Gasteiger charge is 2.20. The first kappa shape index (κ1) is 15.6. The quantitative estimate of drug-likeness (QED) is 0.765. The van der Waals surface area contributed by atoms with Crippen molar-refractivity contribution in [2.24, 2.45) is 7.05 Å². The van der Waals surface area contributed by atoms with E-state index in [1.807, 2.05) is 31.3 Å². The molecule has 1 amide bonds. The van der Waals surface area contributed by atoms with Crippen LogP contribution >= 0.6 is 0 Å². The Labute approximate surface area is 145 Å². The van der Waals surface area contributed by atoms with Crippen molar-refractivity contribution >= 4 is 28.2 Å². The van der Waals surface area contributed by atoms with Crippen molar-refractivity contribution in [1.82, 2.24) is 20.0 Å². The molecular formula is C18H20N6O. The number of rotatable bonds is 4. The molecular weight excluding hydrogens is 316 g/mol. The van der Waals surface area contributed by atoms with E-state index in [0.29, 0.717) is 23.2 Å². The van der Waals surface area contributed by atoms with Crippen molar-refractivity contribution in [2.45, 2.75) is 31.7 Å². The van der Waals surface area contributed by atoms with Crippen LogP contribution in [0.1, 0.15) is 36.2 Å². The summed E-state index contributed by atoms with van der Waals surface area (Å²) in [6.45, 7) is 0. The largest absolute Gasteiger partial charge is 0.364 e. The molecule has 2 aromatic heterocycles. The Bertz CT molecular complexity index is 908. The zero-order valence-electron chi connectivity index (χ0n) is 14.1. The normalized spacial score (nSPS) is 14.8. The standard InChI is InChI=1S/C18H20N6O/c1-24-11-15(17(23-24)20-13-7-3-4-8-13)21-18(25)16-14-9-5-2-6-12(14)10-19-22-16/h2,5-6,9-11,13H,3-4,7-8H2,1H3,(H,20,23)(H,21,25). The lowest BCUT2D eigenvalue weighted by atomic mass is 10.1. The number of nitrogens with one attached hydrogen (secondary N) is 2. The third kappa shape index (κ3) is 3.17. The molecule has 0 bridgehead atoms. The second kappa shape index (κ2) is 6.51. The Morgan fingerprint density at radius 1 is 1.24 bits per heavy atom. The van der Waals surface area contributed by atoms with Gasteiger partial charge in [0.25, 0.3) is 5.91 Å². The summed E-state index contributed by atoms with van der Waals surface area (Å²) in [5, 5.41) is 20.4. The Kier molecular flexibility index (Phi) is 4.05. The summed E-state index contributed by atoms with van der Waals surface area (Å²) in [4.78, 5) is 12.7. The summed E-state index contributed by atoms with van der Waals surface area (Å²) in [6, 6.07) is 8.01. The molecule has 25 heavy (non-hydrogen) atoms. The summed E-state index contributed by atoms with van der Waals surface area (Å²) in [5.74, 6) is 0.419. The van der Waals surface area contributed by atoms with Gasteiger partial charge in [0.1, 0.15) is 5.69 Å². The fraction of sp³-hybridized carbons (Fsp3) is 0.333. The van der Waals surface area contributed by atoms with Crippen LogP contribution in [0.4, 0.5) is 11.5 Å². The second-order valence-electron chi connectivity index (χ2n) is 6.43. The minimum absolute atomic E-state index is 0.285. The number of aromatic nitrogens is 4. The molecule has 1 aromatic carbocycles. The average molecular weight is 336 g/mol. The maximum atomic E-state index is 12.7. The van der Waals surface area contributed by atoms with Gasteiger partial charge >= 0.3 is 0 Å². The van der Waals surface area contributed by atoms with E-state index in [-0.39, 0.29) is 5.91 Å². The number of aryl methyl sites for hydroxylation is 1. The molecule has 0 saturated heterocycles. The van der Waals surface area contributed by atoms with E-state index in [0.717, 1.165) is 23.6 Å². The first-order valence-electron chi connectivity index (χ1n) is 8.52. The van der Waals surface area contributed by atoms with Crippen molar-refractivity contribution in [2.75, 3.05) is 10.6 Å². The third-order valence-corrected chi connectivity index (χ3v) is 4.56. The molecule has 1 fully saturated rings. The molecule has 1 aliphatic rings. The molecule has 0 spiro atoms. The molecule has 3 aromatic rings. The molecule has 1 saturated carbocycles. The minimum atomic E-state index is -0.285. The number of fused-ring (bicyclic) bond motifs is 1. The SMILES string of the molecule is Cn1cc(NC(=O)c2nncc3ccccc23)c(NC2CCCC2)n1. The van der Waals surface area contributed by atoms with E-state index >= 15 is 0 Å². The highest BCUT2D eigenvalue weighted by molar-refractivity contribution is 6.11. The van der Waals surface area contributed by atoms with Crippen molar-refractivity contribution in [1.29, 1.82) is 0 Å². The lowest BCUT2D eigenvalue weighted by molar-refractivity contribution is 0.102. The Balaban J connectivity index is 1.60. The zero-order valence-corrected chi connectivity index (χ0v) is 14.1. The predicted molar refractivity (Wildman–Crippen MR) is 96.6 cm³/mol. The van der Waals surface area contributed by atoms with Gasteiger partial charge in [0.05, 0.1) is 12.4 Å². The smallest absolute Gasteiger partial charge is 0.276 e. The van der Waals surface area contributed by atoms with Crippen LogP contribution < -0.4 is 10.6 Å². The highest BCUT2D eigenvalue weighted by atomic mass is 16.2. The number of carbonyl (C=O) groups excluding carboxylic acids is 1. The van der Waals surface area contributed by atoms with E-state index < -0.39 is 0 Å². The minimum Gasteiger partial charge on any atom is -0.364 e. The van der Waals surface area contributed by atoms with Crippen molar-refractivity contribution < 1.29 is 4.79 Å². The molecule has 0 radical (unpaired) electrons. The second-order valence-corrected chi connectivity index (χ2v) is 6.43. The van der Waals surface area contributed by atoms with Crippen LogP contribution in [-0.2, 0) is 7.05 Å². The van der Waals surface area contributed by atoms with E-state index in [1.54, 1.807) is 17.1 Å². The number of hydrogen-bond acceptors (Lipinski definition) is 5. The molecule has 1 aliphatic carbocycles. The Morgan fingerprint density at radius 2 is 2.04 bits per heavy atom. The summed E-state index contributed by atoms with van der Waals surface area (Å²) in [5.41, 5.74) is 0.975. The summed E-state index contributed by atoms with van der Waals surface area (Å²) in [7, 11) is 1.84. The number of amides is 1. The molecule has 7 nitrogen and oxygen atoms in total. The van der Waals surface area contributed by atoms with Gasteiger partial charge in [-0.1, -0.05) is 37.1 Å². The Morgan fingerprint density at radius 3 is 2.88 bits per heavy atom. The van der Waals surface area contributed by atoms with Gasteiger partial charge in [-0.15, -0.1) is 5.10 Å². The van der Waals surface area contributed by atoms with Gasteiger partial charge in [0, 0.05) is 23.9 Å². The summed E-state index contributed by atoms with van der Waals surface area (Å²) in [6.07, 6.45) is 8.20. The van der Waals surface area contributed by atoms with Gasteiger partial charge < -0.3 is 10.6 Å². The van der Waals surface area contributed by atoms with Gasteiger partial charge in [0.2, 0.25) is 0 Å². The van der Waals surface area contributed by atoms with E-state index in [1.165, 1.54) is 12.8 Å². The van der Waals surface area contributed by atoms with Crippen LogP contribution in [0.25, 0.3) is 10.8 Å². The molecule has 2 heterocycles. The van der Waals surface area contributed by atoms with Crippen LogP contribution in [0.15, 0.2) is 36.7 Å². The first-order chi connectivity index (χ1) is 12.2. The first-order valence-corrected chi connectivity index (χ1v) is 8.52. The lowest BCUT2D eigenvalue weighted by Crippen LogP contribution is -2.19. The van der Waals surface area contributed by atoms with Crippen molar-refractivity contribution in [3.63, 3.8) is 0 Å². The molecule has 128 valence electrons. The summed E-state index contributed by atoms with van der Waals surface area (Å²) < 4.78 is 1.70. The van der Waals surface area contributed by atoms with Crippen molar-refractivity contribution in [3.05, 3.63) is 42.4 Å². The Hall–Kier alpha value is -2.96. The number of nitrogens with zero attached hydrogens (tertiary/aromatic N) is 4. The number of benzene rings is 1. The van der Waals surface area contributed by atoms with Crippen LogP contribution in [0.5, 0.6) is 0 Å². The van der Waals surface area contributed by atoms with Gasteiger partial charge in [-0.2, -0.15) is 10.2 Å². The van der Waals surface area contributed by atoms with Crippen LogP contribution in [0.2, 0.25) is 0 Å². The lowest BCUT2D eigenvalue weighted by Gasteiger charge is -2.13. The number of hydrogen-bond donors (Lipinski definition) is 2. The average Bonchev–Trinajstić information content (AvgIpc) is 3.24. The van der Waals surface area contributed by atoms with Gasteiger partial charge in [-0.25, -0.2) is 0 Å². The van der Waals surface area contributed by atoms with E-state index in [4.69, 9.17) is 0 Å². The van der Waals surface area contributed by atoms with Gasteiger partial charge in [-0.3, -0.25) is 9.48 Å². The van der Waals surface area contributed by atoms with E-state index in [9.17, 15) is 4.79 Å². The monoisotopic (exact) mass is 336 g/mol.